The van der Waals surface area contributed by atoms with E-state index in [1.54, 1.807) is 0 Å². The van der Waals surface area contributed by atoms with Gasteiger partial charge in [0, 0.05) is 35.2 Å². The first-order chi connectivity index (χ1) is 14.9. The molecule has 0 heterocycles. The predicted octanol–water partition coefficient (Wildman–Crippen LogP) is 7.22. The number of rotatable bonds is 6. The van der Waals surface area contributed by atoms with Crippen molar-refractivity contribution in [2.24, 2.45) is 0 Å². The molecule has 5 rings (SSSR count). The fourth-order valence-electron chi connectivity index (χ4n) is 3.95. The second-order valence-electron chi connectivity index (χ2n) is 7.58. The van der Waals surface area contributed by atoms with Crippen molar-refractivity contribution in [3.05, 3.63) is 120 Å². The zero-order valence-electron chi connectivity index (χ0n) is 16.8. The first-order valence-electron chi connectivity index (χ1n) is 10.4. The van der Waals surface area contributed by atoms with Gasteiger partial charge in [-0.05, 0) is 46.2 Å². The number of nitrogens with one attached hydrogen (secondary N) is 2. The van der Waals surface area contributed by atoms with E-state index in [1.807, 2.05) is 0 Å². The van der Waals surface area contributed by atoms with Gasteiger partial charge in [-0.1, -0.05) is 84.9 Å². The average molecular weight is 389 g/mol. The van der Waals surface area contributed by atoms with Crippen LogP contribution in [0.4, 0.5) is 11.4 Å². The van der Waals surface area contributed by atoms with E-state index in [2.05, 4.69) is 120 Å². The van der Waals surface area contributed by atoms with Gasteiger partial charge in [-0.15, -0.1) is 0 Å². The molecule has 146 valence electrons. The van der Waals surface area contributed by atoms with Gasteiger partial charge in [0.05, 0.1) is 0 Å². The molecule has 0 saturated carbocycles. The molecule has 0 amide bonds. The lowest BCUT2D eigenvalue weighted by Gasteiger charge is -2.14. The summed E-state index contributed by atoms with van der Waals surface area (Å²) in [5, 5.41) is 12.2. The van der Waals surface area contributed by atoms with Gasteiger partial charge in [0.2, 0.25) is 0 Å². The molecule has 5 aromatic carbocycles. The van der Waals surface area contributed by atoms with Crippen molar-refractivity contribution in [3.63, 3.8) is 0 Å². The summed E-state index contributed by atoms with van der Waals surface area (Å²) < 4.78 is 0. The van der Waals surface area contributed by atoms with E-state index in [0.717, 1.165) is 24.5 Å². The van der Waals surface area contributed by atoms with Crippen molar-refractivity contribution in [2.75, 3.05) is 10.6 Å². The number of benzene rings is 5. The Kier molecular flexibility index (Phi) is 5.05. The van der Waals surface area contributed by atoms with Crippen LogP contribution >= 0.6 is 0 Å². The standard InChI is InChI=1S/C28H24N2/c1-3-9-21(10-4-1)19-29-27-15-7-13-23-17-24-14-8-16-28(26(24)18-25(23)27)30-20-22-11-5-2-6-12-22/h1-18,29-30H,19-20H2. The molecule has 0 radical (unpaired) electrons. The van der Waals surface area contributed by atoms with Crippen LogP contribution in [0.15, 0.2) is 109 Å². The summed E-state index contributed by atoms with van der Waals surface area (Å²) in [6.45, 7) is 1.62. The Morgan fingerprint density at radius 1 is 0.433 bits per heavy atom. The van der Waals surface area contributed by atoms with Gasteiger partial charge in [-0.2, -0.15) is 0 Å². The Hall–Kier alpha value is -3.78. The van der Waals surface area contributed by atoms with Crippen LogP contribution in [-0.2, 0) is 13.1 Å². The molecule has 0 aliphatic carbocycles. The smallest absolute Gasteiger partial charge is 0.0422 e. The molecular weight excluding hydrogens is 364 g/mol. The van der Waals surface area contributed by atoms with Crippen LogP contribution in [0.5, 0.6) is 0 Å². The van der Waals surface area contributed by atoms with Crippen LogP contribution in [0, 0.1) is 0 Å². The Labute approximate surface area is 177 Å². The van der Waals surface area contributed by atoms with Crippen molar-refractivity contribution in [2.45, 2.75) is 13.1 Å². The molecule has 0 fully saturated rings. The maximum Gasteiger partial charge on any atom is 0.0422 e. The molecule has 0 aliphatic heterocycles. The monoisotopic (exact) mass is 388 g/mol. The lowest BCUT2D eigenvalue weighted by molar-refractivity contribution is 1.15. The van der Waals surface area contributed by atoms with E-state index >= 15 is 0 Å². The van der Waals surface area contributed by atoms with Crippen LogP contribution in [0.2, 0.25) is 0 Å². The van der Waals surface area contributed by atoms with Gasteiger partial charge >= 0.3 is 0 Å². The molecule has 5 aromatic rings. The summed E-state index contributed by atoms with van der Waals surface area (Å²) in [7, 11) is 0. The minimum Gasteiger partial charge on any atom is -0.380 e. The molecular formula is C28H24N2. The van der Waals surface area contributed by atoms with Gasteiger partial charge in [0.25, 0.3) is 0 Å². The molecule has 0 atom stereocenters. The summed E-state index contributed by atoms with van der Waals surface area (Å²) in [4.78, 5) is 0. The van der Waals surface area contributed by atoms with Gasteiger partial charge in [0.1, 0.15) is 0 Å². The number of anilines is 2. The minimum atomic E-state index is 0.811. The molecule has 0 aliphatic rings. The first-order valence-corrected chi connectivity index (χ1v) is 10.4. The summed E-state index contributed by atoms with van der Waals surface area (Å²) in [5.41, 5.74) is 4.88. The van der Waals surface area contributed by atoms with E-state index in [4.69, 9.17) is 0 Å². The Morgan fingerprint density at radius 2 is 0.900 bits per heavy atom. The fourth-order valence-corrected chi connectivity index (χ4v) is 3.95. The Bertz CT molecular complexity index is 1180. The van der Waals surface area contributed by atoms with Crippen LogP contribution in [0.25, 0.3) is 21.5 Å². The van der Waals surface area contributed by atoms with Crippen LogP contribution in [0.3, 0.4) is 0 Å². The van der Waals surface area contributed by atoms with Crippen molar-refractivity contribution >= 4 is 32.9 Å². The predicted molar refractivity (Wildman–Crippen MR) is 129 cm³/mol. The fraction of sp³-hybridized carbons (Fsp3) is 0.0714. The summed E-state index contributed by atoms with van der Waals surface area (Å²) in [5.74, 6) is 0. The average Bonchev–Trinajstić information content (AvgIpc) is 2.81. The Morgan fingerprint density at radius 3 is 1.37 bits per heavy atom. The largest absolute Gasteiger partial charge is 0.380 e. The van der Waals surface area contributed by atoms with Crippen molar-refractivity contribution < 1.29 is 0 Å². The van der Waals surface area contributed by atoms with Gasteiger partial charge in [-0.25, -0.2) is 0 Å². The highest BCUT2D eigenvalue weighted by atomic mass is 14.9. The zero-order valence-corrected chi connectivity index (χ0v) is 16.8. The van der Waals surface area contributed by atoms with Crippen molar-refractivity contribution in [1.29, 1.82) is 0 Å². The minimum absolute atomic E-state index is 0.811. The lowest BCUT2D eigenvalue weighted by Crippen LogP contribution is -2.01. The number of fused-ring (bicyclic) bond motifs is 2. The van der Waals surface area contributed by atoms with Gasteiger partial charge < -0.3 is 10.6 Å². The number of hydrogen-bond donors (Lipinski definition) is 2. The SMILES string of the molecule is c1ccc(CNc2cccc3cc4cccc(NCc5ccccc5)c4cc23)cc1. The molecule has 0 aromatic heterocycles. The molecule has 0 spiro atoms. The normalized spacial score (nSPS) is 10.9. The second kappa shape index (κ2) is 8.30. The number of hydrogen-bond acceptors (Lipinski definition) is 2. The highest BCUT2D eigenvalue weighted by Gasteiger charge is 2.07. The van der Waals surface area contributed by atoms with Crippen LogP contribution < -0.4 is 10.6 Å². The van der Waals surface area contributed by atoms with Crippen LogP contribution in [0.1, 0.15) is 11.1 Å². The van der Waals surface area contributed by atoms with Crippen molar-refractivity contribution in [3.8, 4) is 0 Å². The van der Waals surface area contributed by atoms with E-state index in [9.17, 15) is 0 Å². The molecule has 0 saturated heterocycles. The highest BCUT2D eigenvalue weighted by molar-refractivity contribution is 6.07. The topological polar surface area (TPSA) is 24.1 Å². The molecule has 0 unspecified atom stereocenters. The third-order valence-electron chi connectivity index (χ3n) is 5.53. The van der Waals surface area contributed by atoms with Crippen molar-refractivity contribution in [1.82, 2.24) is 0 Å². The molecule has 2 heteroatoms. The van der Waals surface area contributed by atoms with E-state index in [0.29, 0.717) is 0 Å². The summed E-state index contributed by atoms with van der Waals surface area (Å²) in [6.07, 6.45) is 0. The maximum atomic E-state index is 3.63. The molecule has 2 N–H and O–H groups in total. The Balaban J connectivity index is 1.49. The quantitative estimate of drug-likeness (QED) is 0.300. The van der Waals surface area contributed by atoms with Gasteiger partial charge in [0.15, 0.2) is 0 Å². The molecule has 0 bridgehead atoms. The highest BCUT2D eigenvalue weighted by Crippen LogP contribution is 2.32. The lowest BCUT2D eigenvalue weighted by atomic mass is 10.0. The summed E-state index contributed by atoms with van der Waals surface area (Å²) in [6, 6.07) is 38.6. The van der Waals surface area contributed by atoms with Gasteiger partial charge in [-0.3, -0.25) is 0 Å². The third kappa shape index (κ3) is 3.85. The third-order valence-corrected chi connectivity index (χ3v) is 5.53. The zero-order chi connectivity index (χ0) is 20.2. The van der Waals surface area contributed by atoms with E-state index < -0.39 is 0 Å². The summed E-state index contributed by atoms with van der Waals surface area (Å²) >= 11 is 0. The second-order valence-corrected chi connectivity index (χ2v) is 7.58. The van der Waals surface area contributed by atoms with E-state index in [1.165, 1.54) is 32.7 Å². The van der Waals surface area contributed by atoms with E-state index in [-0.39, 0.29) is 0 Å². The molecule has 30 heavy (non-hydrogen) atoms. The van der Waals surface area contributed by atoms with Crippen LogP contribution in [-0.4, -0.2) is 0 Å². The molecule has 2 nitrogen and oxygen atoms in total. The first kappa shape index (κ1) is 18.3. The maximum absolute atomic E-state index is 3.63.